The van der Waals surface area contributed by atoms with Crippen LogP contribution in [0.1, 0.15) is 5.89 Å². The average Bonchev–Trinajstić information content (AvgIpc) is 2.58. The molecule has 1 aromatic carbocycles. The SMILES string of the molecule is Cc1nc2ccc3oc(=O)ccc3c2o1. The molecule has 0 saturated carbocycles. The Balaban J connectivity index is 2.59. The third kappa shape index (κ3) is 1.15. The first-order chi connectivity index (χ1) is 7.24. The lowest BCUT2D eigenvalue weighted by Gasteiger charge is -1.94. The van der Waals surface area contributed by atoms with Crippen LogP contribution in [0.3, 0.4) is 0 Å². The van der Waals surface area contributed by atoms with Crippen molar-refractivity contribution in [2.75, 3.05) is 0 Å². The van der Waals surface area contributed by atoms with Gasteiger partial charge in [0.1, 0.15) is 11.1 Å². The van der Waals surface area contributed by atoms with E-state index < -0.39 is 0 Å². The van der Waals surface area contributed by atoms with E-state index in [0.29, 0.717) is 17.1 Å². The molecule has 0 aliphatic rings. The number of hydrogen-bond acceptors (Lipinski definition) is 4. The Morgan fingerprint density at radius 2 is 2.00 bits per heavy atom. The molecule has 0 saturated heterocycles. The molecule has 0 atom stereocenters. The number of benzene rings is 1. The van der Waals surface area contributed by atoms with Gasteiger partial charge >= 0.3 is 5.63 Å². The zero-order valence-electron chi connectivity index (χ0n) is 7.98. The molecule has 0 N–H and O–H groups in total. The topological polar surface area (TPSA) is 56.2 Å². The summed E-state index contributed by atoms with van der Waals surface area (Å²) in [7, 11) is 0. The molecule has 74 valence electrons. The Morgan fingerprint density at radius 1 is 1.13 bits per heavy atom. The van der Waals surface area contributed by atoms with Crippen LogP contribution in [0.5, 0.6) is 0 Å². The number of aryl methyl sites for hydroxylation is 1. The Kier molecular flexibility index (Phi) is 1.48. The number of aromatic nitrogens is 1. The molecule has 0 spiro atoms. The maximum absolute atomic E-state index is 11.0. The van der Waals surface area contributed by atoms with Gasteiger partial charge in [0.2, 0.25) is 0 Å². The van der Waals surface area contributed by atoms with Crippen LogP contribution in [-0.4, -0.2) is 4.98 Å². The number of rotatable bonds is 0. The molecule has 4 heteroatoms. The van der Waals surface area contributed by atoms with Crippen LogP contribution in [0.4, 0.5) is 0 Å². The Morgan fingerprint density at radius 3 is 2.87 bits per heavy atom. The third-order valence-electron chi connectivity index (χ3n) is 2.26. The Labute approximate surface area is 84.1 Å². The molecule has 0 fully saturated rings. The van der Waals surface area contributed by atoms with Crippen molar-refractivity contribution in [3.05, 3.63) is 40.6 Å². The molecule has 0 amide bonds. The zero-order valence-corrected chi connectivity index (χ0v) is 7.98. The molecule has 2 aromatic heterocycles. The van der Waals surface area contributed by atoms with Gasteiger partial charge in [-0.1, -0.05) is 0 Å². The van der Waals surface area contributed by atoms with E-state index in [2.05, 4.69) is 4.98 Å². The predicted molar refractivity (Wildman–Crippen MR) is 54.8 cm³/mol. The standard InChI is InChI=1S/C11H7NO3/c1-6-12-8-3-4-9-7(11(8)14-6)2-5-10(13)15-9/h2-5H,1H3. The largest absolute Gasteiger partial charge is 0.440 e. The molecule has 15 heavy (non-hydrogen) atoms. The summed E-state index contributed by atoms with van der Waals surface area (Å²) in [6.45, 7) is 1.78. The first-order valence-corrected chi connectivity index (χ1v) is 4.54. The smallest absolute Gasteiger partial charge is 0.336 e. The Bertz CT molecular complexity index is 708. The first-order valence-electron chi connectivity index (χ1n) is 4.54. The number of oxazole rings is 1. The highest BCUT2D eigenvalue weighted by Gasteiger charge is 2.07. The van der Waals surface area contributed by atoms with Crippen LogP contribution >= 0.6 is 0 Å². The van der Waals surface area contributed by atoms with Crippen LogP contribution in [-0.2, 0) is 0 Å². The lowest BCUT2D eigenvalue weighted by molar-refractivity contribution is 0.553. The van der Waals surface area contributed by atoms with Gasteiger partial charge in [0.25, 0.3) is 0 Å². The highest BCUT2D eigenvalue weighted by atomic mass is 16.4. The highest BCUT2D eigenvalue weighted by molar-refractivity contribution is 6.00. The summed E-state index contributed by atoms with van der Waals surface area (Å²) in [5, 5.41) is 0.771. The summed E-state index contributed by atoms with van der Waals surface area (Å²) in [5.74, 6) is 0.601. The molecule has 0 unspecified atom stereocenters. The molecular weight excluding hydrogens is 194 g/mol. The van der Waals surface area contributed by atoms with E-state index in [0.717, 1.165) is 10.9 Å². The minimum Gasteiger partial charge on any atom is -0.440 e. The quantitative estimate of drug-likeness (QED) is 0.523. The predicted octanol–water partition coefficient (Wildman–Crippen LogP) is 2.24. The summed E-state index contributed by atoms with van der Waals surface area (Å²) >= 11 is 0. The second-order valence-corrected chi connectivity index (χ2v) is 3.31. The highest BCUT2D eigenvalue weighted by Crippen LogP contribution is 2.24. The third-order valence-corrected chi connectivity index (χ3v) is 2.26. The zero-order chi connectivity index (χ0) is 10.4. The summed E-state index contributed by atoms with van der Waals surface area (Å²) in [5.41, 5.74) is 1.59. The van der Waals surface area contributed by atoms with Crippen LogP contribution in [0.25, 0.3) is 22.1 Å². The van der Waals surface area contributed by atoms with Gasteiger partial charge in [-0.15, -0.1) is 0 Å². The molecule has 3 rings (SSSR count). The van der Waals surface area contributed by atoms with Gasteiger partial charge in [-0.25, -0.2) is 9.78 Å². The summed E-state index contributed by atoms with van der Waals surface area (Å²) < 4.78 is 10.5. The van der Waals surface area contributed by atoms with Crippen molar-refractivity contribution >= 4 is 22.1 Å². The van der Waals surface area contributed by atoms with E-state index in [1.165, 1.54) is 6.07 Å². The van der Waals surface area contributed by atoms with Crippen molar-refractivity contribution < 1.29 is 8.83 Å². The van der Waals surface area contributed by atoms with Gasteiger partial charge in [-0.05, 0) is 18.2 Å². The van der Waals surface area contributed by atoms with E-state index in [4.69, 9.17) is 8.83 Å². The molecule has 0 radical (unpaired) electrons. The molecule has 0 bridgehead atoms. The Hall–Kier alpha value is -2.10. The maximum Gasteiger partial charge on any atom is 0.336 e. The first kappa shape index (κ1) is 8.23. The van der Waals surface area contributed by atoms with Crippen molar-refractivity contribution in [2.45, 2.75) is 6.92 Å². The summed E-state index contributed by atoms with van der Waals surface area (Å²) in [6.07, 6.45) is 0. The normalized spacial score (nSPS) is 11.3. The number of fused-ring (bicyclic) bond motifs is 3. The lowest BCUT2D eigenvalue weighted by atomic mass is 10.2. The maximum atomic E-state index is 11.0. The lowest BCUT2D eigenvalue weighted by Crippen LogP contribution is -1.93. The van der Waals surface area contributed by atoms with E-state index in [9.17, 15) is 4.79 Å². The van der Waals surface area contributed by atoms with Crippen LogP contribution in [0, 0.1) is 6.92 Å². The van der Waals surface area contributed by atoms with Gasteiger partial charge in [0.05, 0.1) is 5.39 Å². The van der Waals surface area contributed by atoms with Crippen LogP contribution in [0.15, 0.2) is 37.9 Å². The van der Waals surface area contributed by atoms with E-state index >= 15 is 0 Å². The van der Waals surface area contributed by atoms with E-state index in [-0.39, 0.29) is 5.63 Å². The summed E-state index contributed by atoms with van der Waals surface area (Å²) in [4.78, 5) is 15.2. The fourth-order valence-electron chi connectivity index (χ4n) is 1.65. The van der Waals surface area contributed by atoms with Crippen molar-refractivity contribution in [1.29, 1.82) is 0 Å². The minimum atomic E-state index is -0.363. The molecule has 3 aromatic rings. The van der Waals surface area contributed by atoms with Crippen LogP contribution in [0.2, 0.25) is 0 Å². The fraction of sp³-hybridized carbons (Fsp3) is 0.0909. The molecular formula is C11H7NO3. The number of nitrogens with zero attached hydrogens (tertiary/aromatic N) is 1. The minimum absolute atomic E-state index is 0.363. The van der Waals surface area contributed by atoms with Crippen molar-refractivity contribution in [1.82, 2.24) is 4.98 Å². The van der Waals surface area contributed by atoms with Gasteiger partial charge in [-0.2, -0.15) is 0 Å². The second kappa shape index (κ2) is 2.70. The molecule has 4 nitrogen and oxygen atoms in total. The molecule has 2 heterocycles. The van der Waals surface area contributed by atoms with Crippen molar-refractivity contribution in [3.63, 3.8) is 0 Å². The fourth-order valence-corrected chi connectivity index (χ4v) is 1.65. The van der Waals surface area contributed by atoms with E-state index in [1.54, 1.807) is 25.1 Å². The molecule has 0 aliphatic carbocycles. The molecule has 0 aliphatic heterocycles. The van der Waals surface area contributed by atoms with Gasteiger partial charge in [0.15, 0.2) is 11.5 Å². The van der Waals surface area contributed by atoms with Gasteiger partial charge in [0, 0.05) is 13.0 Å². The summed E-state index contributed by atoms with van der Waals surface area (Å²) in [6, 6.07) is 6.56. The second-order valence-electron chi connectivity index (χ2n) is 3.31. The van der Waals surface area contributed by atoms with Gasteiger partial charge in [-0.3, -0.25) is 0 Å². The average molecular weight is 201 g/mol. The van der Waals surface area contributed by atoms with E-state index in [1.807, 2.05) is 0 Å². The number of hydrogen-bond donors (Lipinski definition) is 0. The van der Waals surface area contributed by atoms with Crippen LogP contribution < -0.4 is 5.63 Å². The van der Waals surface area contributed by atoms with Crippen molar-refractivity contribution in [3.8, 4) is 0 Å². The van der Waals surface area contributed by atoms with Crippen molar-refractivity contribution in [2.24, 2.45) is 0 Å². The van der Waals surface area contributed by atoms with Gasteiger partial charge < -0.3 is 8.83 Å². The monoisotopic (exact) mass is 201 g/mol.